The Hall–Kier alpha value is -1.44. The maximum atomic E-state index is 14.3. The minimum Gasteiger partial charge on any atom is -0.432 e. The molecule has 1 aromatic carbocycles. The molecule has 0 heterocycles. The van der Waals surface area contributed by atoms with Gasteiger partial charge in [-0.3, -0.25) is 0 Å². The van der Waals surface area contributed by atoms with Crippen LogP contribution in [0, 0.1) is 17.7 Å². The lowest BCUT2D eigenvalue weighted by atomic mass is 9.80. The summed E-state index contributed by atoms with van der Waals surface area (Å²) >= 11 is 0. The highest BCUT2D eigenvalue weighted by Crippen LogP contribution is 2.40. The van der Waals surface area contributed by atoms with Gasteiger partial charge in [-0.1, -0.05) is 19.4 Å². The summed E-state index contributed by atoms with van der Waals surface area (Å²) in [7, 11) is 0. The van der Waals surface area contributed by atoms with E-state index >= 15 is 0 Å². The van der Waals surface area contributed by atoms with Crippen molar-refractivity contribution < 1.29 is 35.8 Å². The third-order valence-corrected chi connectivity index (χ3v) is 4.70. The van der Waals surface area contributed by atoms with Crippen LogP contribution in [0.25, 0.3) is 0 Å². The van der Waals surface area contributed by atoms with Crippen LogP contribution in [0.1, 0.15) is 44.6 Å². The Morgan fingerprint density at radius 3 is 2.23 bits per heavy atom. The van der Waals surface area contributed by atoms with Crippen LogP contribution in [-0.2, 0) is 11.3 Å². The van der Waals surface area contributed by atoms with Crippen molar-refractivity contribution in [2.45, 2.75) is 57.9 Å². The number of alkyl halides is 5. The molecule has 1 aliphatic rings. The van der Waals surface area contributed by atoms with E-state index in [4.69, 9.17) is 4.74 Å². The average molecular weight is 384 g/mol. The number of benzene rings is 1. The van der Waals surface area contributed by atoms with Crippen molar-refractivity contribution >= 4 is 0 Å². The van der Waals surface area contributed by atoms with E-state index in [1.807, 2.05) is 6.92 Å². The fourth-order valence-corrected chi connectivity index (χ4v) is 3.13. The van der Waals surface area contributed by atoms with Gasteiger partial charge in [-0.2, -0.15) is 22.0 Å². The largest absolute Gasteiger partial charge is 0.432 e. The fraction of sp³-hybridized carbons (Fsp3) is 0.667. The molecular formula is C18H22F6O2. The van der Waals surface area contributed by atoms with E-state index in [0.717, 1.165) is 24.6 Å². The minimum atomic E-state index is -4.52. The Morgan fingerprint density at radius 1 is 1.04 bits per heavy atom. The highest BCUT2D eigenvalue weighted by atomic mass is 19.4. The van der Waals surface area contributed by atoms with Crippen LogP contribution < -0.4 is 4.74 Å². The summed E-state index contributed by atoms with van der Waals surface area (Å²) in [5.41, 5.74) is -0.159. The van der Waals surface area contributed by atoms with E-state index < -0.39 is 37.2 Å². The fourth-order valence-electron chi connectivity index (χ4n) is 3.13. The van der Waals surface area contributed by atoms with E-state index in [9.17, 15) is 26.3 Å². The first-order valence-electron chi connectivity index (χ1n) is 8.60. The predicted octanol–water partition coefficient (Wildman–Crippen LogP) is 6.09. The quantitative estimate of drug-likeness (QED) is 0.530. The standard InChI is InChI=1S/C18H22F6O2/c1-2-12-3-6-14(7-4-12)18(23,24)26-15-8-5-13(16(19)9-15)10-25-11-17(20,21)22/h5,8-9,12,14H,2-4,6-7,10-11H2,1H3. The van der Waals surface area contributed by atoms with Crippen molar-refractivity contribution in [3.8, 4) is 5.75 Å². The van der Waals surface area contributed by atoms with E-state index in [1.165, 1.54) is 0 Å². The van der Waals surface area contributed by atoms with Gasteiger partial charge in [0, 0.05) is 11.6 Å². The lowest BCUT2D eigenvalue weighted by Gasteiger charge is -2.33. The van der Waals surface area contributed by atoms with Crippen molar-refractivity contribution in [1.82, 2.24) is 0 Å². The summed E-state index contributed by atoms with van der Waals surface area (Å²) in [6, 6.07) is 2.95. The van der Waals surface area contributed by atoms with Gasteiger partial charge >= 0.3 is 12.3 Å². The zero-order valence-corrected chi connectivity index (χ0v) is 14.4. The normalized spacial score (nSPS) is 21.7. The molecule has 0 spiro atoms. The molecule has 0 unspecified atom stereocenters. The molecule has 26 heavy (non-hydrogen) atoms. The van der Waals surface area contributed by atoms with Gasteiger partial charge in [0.05, 0.1) is 12.5 Å². The summed E-state index contributed by atoms with van der Waals surface area (Å²) in [5, 5.41) is 0. The van der Waals surface area contributed by atoms with Gasteiger partial charge in [-0.05, 0) is 37.7 Å². The van der Waals surface area contributed by atoms with Gasteiger partial charge < -0.3 is 9.47 Å². The zero-order chi connectivity index (χ0) is 19.4. The lowest BCUT2D eigenvalue weighted by molar-refractivity contribution is -0.223. The second-order valence-electron chi connectivity index (χ2n) is 6.65. The molecule has 0 N–H and O–H groups in total. The van der Waals surface area contributed by atoms with Crippen molar-refractivity contribution in [3.63, 3.8) is 0 Å². The SMILES string of the molecule is CCC1CCC(C(F)(F)Oc2ccc(COCC(F)(F)F)c(F)c2)CC1. The first-order valence-corrected chi connectivity index (χ1v) is 8.60. The second kappa shape index (κ2) is 8.50. The van der Waals surface area contributed by atoms with Gasteiger partial charge in [0.1, 0.15) is 18.2 Å². The van der Waals surface area contributed by atoms with Crippen LogP contribution >= 0.6 is 0 Å². The molecule has 0 saturated heterocycles. The first-order chi connectivity index (χ1) is 12.1. The molecule has 0 atom stereocenters. The number of hydrogen-bond donors (Lipinski definition) is 0. The Labute approximate surface area is 148 Å². The molecular weight excluding hydrogens is 362 g/mol. The first kappa shape index (κ1) is 20.9. The van der Waals surface area contributed by atoms with E-state index in [2.05, 4.69) is 4.74 Å². The van der Waals surface area contributed by atoms with Crippen molar-refractivity contribution in [2.75, 3.05) is 6.61 Å². The van der Waals surface area contributed by atoms with Gasteiger partial charge in [0.25, 0.3) is 0 Å². The van der Waals surface area contributed by atoms with Crippen molar-refractivity contribution in [1.29, 1.82) is 0 Å². The molecule has 2 rings (SSSR count). The molecule has 1 aliphatic carbocycles. The van der Waals surface area contributed by atoms with Crippen LogP contribution in [-0.4, -0.2) is 18.9 Å². The molecule has 0 radical (unpaired) electrons. The molecule has 0 aromatic heterocycles. The third-order valence-electron chi connectivity index (χ3n) is 4.70. The Bertz CT molecular complexity index is 580. The lowest BCUT2D eigenvalue weighted by Crippen LogP contribution is -2.37. The topological polar surface area (TPSA) is 18.5 Å². The summed E-state index contributed by atoms with van der Waals surface area (Å²) in [6.45, 7) is -0.0887. The maximum Gasteiger partial charge on any atom is 0.411 e. The Balaban J connectivity index is 1.93. The Morgan fingerprint density at radius 2 is 1.69 bits per heavy atom. The molecule has 2 nitrogen and oxygen atoms in total. The van der Waals surface area contributed by atoms with Crippen LogP contribution in [0.3, 0.4) is 0 Å². The molecule has 148 valence electrons. The molecule has 1 saturated carbocycles. The van der Waals surface area contributed by atoms with Crippen molar-refractivity contribution in [3.05, 3.63) is 29.6 Å². The highest BCUT2D eigenvalue weighted by Gasteiger charge is 2.43. The minimum absolute atomic E-state index is 0.159. The molecule has 0 aliphatic heterocycles. The van der Waals surface area contributed by atoms with Crippen LogP contribution in [0.15, 0.2) is 18.2 Å². The molecule has 8 heteroatoms. The molecule has 0 bridgehead atoms. The van der Waals surface area contributed by atoms with E-state index in [-0.39, 0.29) is 11.3 Å². The van der Waals surface area contributed by atoms with Crippen LogP contribution in [0.4, 0.5) is 26.3 Å². The number of ether oxygens (including phenoxy) is 2. The summed E-state index contributed by atoms with van der Waals surface area (Å²) in [6.07, 6.45) is -4.86. The van der Waals surface area contributed by atoms with Crippen molar-refractivity contribution in [2.24, 2.45) is 11.8 Å². The van der Waals surface area contributed by atoms with Gasteiger partial charge in [-0.25, -0.2) is 4.39 Å². The zero-order valence-electron chi connectivity index (χ0n) is 14.4. The number of hydrogen-bond acceptors (Lipinski definition) is 2. The molecule has 1 aromatic rings. The summed E-state index contributed by atoms with van der Waals surface area (Å²) < 4.78 is 87.6. The average Bonchev–Trinajstić information content (AvgIpc) is 2.55. The van der Waals surface area contributed by atoms with Gasteiger partial charge in [-0.15, -0.1) is 0 Å². The van der Waals surface area contributed by atoms with E-state index in [0.29, 0.717) is 31.6 Å². The van der Waals surface area contributed by atoms with Gasteiger partial charge in [0.2, 0.25) is 0 Å². The number of halogens is 6. The number of rotatable bonds is 7. The third kappa shape index (κ3) is 6.07. The highest BCUT2D eigenvalue weighted by molar-refractivity contribution is 5.29. The van der Waals surface area contributed by atoms with Crippen LogP contribution in [0.5, 0.6) is 5.75 Å². The molecule has 1 fully saturated rings. The monoisotopic (exact) mass is 384 g/mol. The predicted molar refractivity (Wildman–Crippen MR) is 83.4 cm³/mol. The summed E-state index contributed by atoms with van der Waals surface area (Å²) in [4.78, 5) is 0. The maximum absolute atomic E-state index is 14.3. The Kier molecular flexibility index (Phi) is 6.82. The van der Waals surface area contributed by atoms with Gasteiger partial charge in [0.15, 0.2) is 0 Å². The second-order valence-corrected chi connectivity index (χ2v) is 6.65. The van der Waals surface area contributed by atoms with Crippen LogP contribution in [0.2, 0.25) is 0 Å². The van der Waals surface area contributed by atoms with E-state index in [1.54, 1.807) is 0 Å². The molecule has 0 amide bonds. The smallest absolute Gasteiger partial charge is 0.411 e. The summed E-state index contributed by atoms with van der Waals surface area (Å²) in [5.74, 6) is -1.78.